The zero-order valence-corrected chi connectivity index (χ0v) is 13.0. The first kappa shape index (κ1) is 14.8. The molecule has 0 bridgehead atoms. The highest BCUT2D eigenvalue weighted by molar-refractivity contribution is 5.92. The second kappa shape index (κ2) is 5.92. The van der Waals surface area contributed by atoms with Gasteiger partial charge in [0.15, 0.2) is 5.76 Å². The lowest BCUT2D eigenvalue weighted by molar-refractivity contribution is -0.0121. The predicted molar refractivity (Wildman–Crippen MR) is 76.5 cm³/mol. The Morgan fingerprint density at radius 2 is 2.18 bits per heavy atom. The summed E-state index contributed by atoms with van der Waals surface area (Å²) in [5.74, 6) is 1.87. The van der Waals surface area contributed by atoms with E-state index in [4.69, 9.17) is 13.6 Å². The smallest absolute Gasteiger partial charge is 0.290 e. The summed E-state index contributed by atoms with van der Waals surface area (Å²) < 4.78 is 16.6. The van der Waals surface area contributed by atoms with Crippen LogP contribution in [0.5, 0.6) is 0 Å². The van der Waals surface area contributed by atoms with Crippen LogP contribution in [0.15, 0.2) is 14.9 Å². The van der Waals surface area contributed by atoms with Crippen LogP contribution in [0, 0.1) is 13.8 Å². The molecule has 0 saturated carbocycles. The molecule has 0 unspecified atom stereocenters. The van der Waals surface area contributed by atoms with Crippen LogP contribution in [0.25, 0.3) is 0 Å². The quantitative estimate of drug-likeness (QED) is 0.863. The minimum Gasteiger partial charge on any atom is -0.456 e. The number of amides is 1. The molecule has 1 saturated heterocycles. The topological polar surface area (TPSA) is 81.6 Å². The Kier molecular flexibility index (Phi) is 3.98. The fraction of sp³-hybridized carbons (Fsp3) is 0.533. The van der Waals surface area contributed by atoms with E-state index in [0.29, 0.717) is 37.3 Å². The first-order valence-electron chi connectivity index (χ1n) is 7.38. The van der Waals surface area contributed by atoms with Gasteiger partial charge in [-0.2, -0.15) is 0 Å². The van der Waals surface area contributed by atoms with Crippen LogP contribution >= 0.6 is 0 Å². The lowest BCUT2D eigenvalue weighted by atomic mass is 10.2. The SMILES string of the molecule is CCc1oc(C(=O)N2CCOC[C@H]2c2nnc(C)o2)cc1C. The van der Waals surface area contributed by atoms with Crippen molar-refractivity contribution in [1.29, 1.82) is 0 Å². The summed E-state index contributed by atoms with van der Waals surface area (Å²) in [6.45, 7) is 6.95. The number of hydrogen-bond donors (Lipinski definition) is 0. The molecule has 2 aromatic rings. The molecule has 1 aliphatic rings. The normalized spacial score (nSPS) is 18.7. The van der Waals surface area contributed by atoms with Crippen molar-refractivity contribution in [2.75, 3.05) is 19.8 Å². The molecule has 1 atom stereocenters. The Hall–Kier alpha value is -2.15. The average molecular weight is 305 g/mol. The van der Waals surface area contributed by atoms with Crippen molar-refractivity contribution >= 4 is 5.91 Å². The summed E-state index contributed by atoms with van der Waals surface area (Å²) in [6.07, 6.45) is 0.758. The van der Waals surface area contributed by atoms with Gasteiger partial charge in [-0.15, -0.1) is 10.2 Å². The van der Waals surface area contributed by atoms with Gasteiger partial charge in [0.05, 0.1) is 13.2 Å². The summed E-state index contributed by atoms with van der Waals surface area (Å²) in [6, 6.07) is 1.41. The molecule has 0 spiro atoms. The molecule has 1 aliphatic heterocycles. The largest absolute Gasteiger partial charge is 0.456 e. The van der Waals surface area contributed by atoms with Crippen molar-refractivity contribution in [3.05, 3.63) is 34.9 Å². The number of carbonyl (C=O) groups is 1. The van der Waals surface area contributed by atoms with Crippen molar-refractivity contribution in [1.82, 2.24) is 15.1 Å². The second-order valence-corrected chi connectivity index (χ2v) is 5.32. The maximum absolute atomic E-state index is 12.8. The number of hydrogen-bond acceptors (Lipinski definition) is 6. The molecule has 3 rings (SSSR count). The van der Waals surface area contributed by atoms with Gasteiger partial charge in [-0.05, 0) is 18.6 Å². The molecule has 7 nitrogen and oxygen atoms in total. The molecular weight excluding hydrogens is 286 g/mol. The van der Waals surface area contributed by atoms with Gasteiger partial charge in [-0.25, -0.2) is 0 Å². The molecule has 0 aliphatic carbocycles. The first-order valence-corrected chi connectivity index (χ1v) is 7.38. The summed E-state index contributed by atoms with van der Waals surface area (Å²) in [5.41, 5.74) is 0.990. The second-order valence-electron chi connectivity index (χ2n) is 5.32. The molecule has 1 amide bonds. The monoisotopic (exact) mass is 305 g/mol. The summed E-state index contributed by atoms with van der Waals surface area (Å²) in [4.78, 5) is 14.4. The minimum absolute atomic E-state index is 0.174. The van der Waals surface area contributed by atoms with E-state index in [-0.39, 0.29) is 11.9 Å². The summed E-state index contributed by atoms with van der Waals surface area (Å²) >= 11 is 0. The van der Waals surface area contributed by atoms with E-state index in [2.05, 4.69) is 10.2 Å². The third-order valence-electron chi connectivity index (χ3n) is 3.77. The molecule has 22 heavy (non-hydrogen) atoms. The van der Waals surface area contributed by atoms with Gasteiger partial charge in [0.25, 0.3) is 5.91 Å². The Morgan fingerprint density at radius 3 is 2.82 bits per heavy atom. The number of aromatic nitrogens is 2. The van der Waals surface area contributed by atoms with Crippen LogP contribution in [-0.2, 0) is 11.2 Å². The average Bonchev–Trinajstić information content (AvgIpc) is 3.12. The number of carbonyl (C=O) groups excluding carboxylic acids is 1. The maximum Gasteiger partial charge on any atom is 0.290 e. The molecule has 1 fully saturated rings. The van der Waals surface area contributed by atoms with Crippen molar-refractivity contribution in [2.24, 2.45) is 0 Å². The number of ether oxygens (including phenoxy) is 1. The number of nitrogens with zero attached hydrogens (tertiary/aromatic N) is 3. The van der Waals surface area contributed by atoms with E-state index in [1.165, 1.54) is 0 Å². The standard InChI is InChI=1S/C15H19N3O4/c1-4-12-9(2)7-13(22-12)15(19)18-5-6-20-8-11(18)14-17-16-10(3)21-14/h7,11H,4-6,8H2,1-3H3/t11-/m0/s1. The summed E-state index contributed by atoms with van der Waals surface area (Å²) in [7, 11) is 0. The number of morpholine rings is 1. The van der Waals surface area contributed by atoms with Gasteiger partial charge in [-0.3, -0.25) is 4.79 Å². The van der Waals surface area contributed by atoms with Crippen molar-refractivity contribution in [3.63, 3.8) is 0 Å². The Bertz CT molecular complexity index is 676. The molecule has 3 heterocycles. The highest BCUT2D eigenvalue weighted by Crippen LogP contribution is 2.26. The van der Waals surface area contributed by atoms with Crippen LogP contribution in [0.4, 0.5) is 0 Å². The van der Waals surface area contributed by atoms with Crippen molar-refractivity contribution in [3.8, 4) is 0 Å². The van der Waals surface area contributed by atoms with Gasteiger partial charge in [0.1, 0.15) is 11.8 Å². The molecule has 0 radical (unpaired) electrons. The van der Waals surface area contributed by atoms with E-state index in [1.807, 2.05) is 13.8 Å². The Balaban J connectivity index is 1.87. The number of furan rings is 1. The van der Waals surface area contributed by atoms with Gasteiger partial charge in [0, 0.05) is 19.9 Å². The third kappa shape index (κ3) is 2.64. The van der Waals surface area contributed by atoms with Crippen LogP contribution in [-0.4, -0.2) is 40.8 Å². The first-order chi connectivity index (χ1) is 10.6. The highest BCUT2D eigenvalue weighted by Gasteiger charge is 2.34. The van der Waals surface area contributed by atoms with E-state index >= 15 is 0 Å². The number of rotatable bonds is 3. The van der Waals surface area contributed by atoms with Gasteiger partial charge >= 0.3 is 0 Å². The Labute approximate surface area is 128 Å². The van der Waals surface area contributed by atoms with Gasteiger partial charge in [0.2, 0.25) is 11.8 Å². The molecule has 0 N–H and O–H groups in total. The molecule has 118 valence electrons. The van der Waals surface area contributed by atoms with E-state index < -0.39 is 0 Å². The summed E-state index contributed by atoms with van der Waals surface area (Å²) in [5, 5.41) is 7.84. The van der Waals surface area contributed by atoms with Crippen molar-refractivity contribution < 1.29 is 18.4 Å². The predicted octanol–water partition coefficient (Wildman–Crippen LogP) is 2.06. The Morgan fingerprint density at radius 1 is 1.36 bits per heavy atom. The molecule has 0 aromatic carbocycles. The number of aryl methyl sites for hydroxylation is 3. The van der Waals surface area contributed by atoms with Crippen LogP contribution in [0.1, 0.15) is 46.6 Å². The zero-order valence-electron chi connectivity index (χ0n) is 13.0. The lowest BCUT2D eigenvalue weighted by Gasteiger charge is -2.32. The molecule has 7 heteroatoms. The minimum atomic E-state index is -0.377. The van der Waals surface area contributed by atoms with E-state index in [0.717, 1.165) is 17.7 Å². The zero-order chi connectivity index (χ0) is 15.7. The third-order valence-corrected chi connectivity index (χ3v) is 3.77. The van der Waals surface area contributed by atoms with Crippen LogP contribution in [0.2, 0.25) is 0 Å². The molecule has 2 aromatic heterocycles. The fourth-order valence-corrected chi connectivity index (χ4v) is 2.62. The molecular formula is C15H19N3O4. The van der Waals surface area contributed by atoms with Crippen molar-refractivity contribution in [2.45, 2.75) is 33.2 Å². The van der Waals surface area contributed by atoms with E-state index in [1.54, 1.807) is 17.9 Å². The van der Waals surface area contributed by atoms with Gasteiger partial charge < -0.3 is 18.5 Å². The van der Waals surface area contributed by atoms with Crippen LogP contribution in [0.3, 0.4) is 0 Å². The lowest BCUT2D eigenvalue weighted by Crippen LogP contribution is -2.43. The van der Waals surface area contributed by atoms with Gasteiger partial charge in [-0.1, -0.05) is 6.92 Å². The fourth-order valence-electron chi connectivity index (χ4n) is 2.62. The highest BCUT2D eigenvalue weighted by atomic mass is 16.5. The van der Waals surface area contributed by atoms with E-state index in [9.17, 15) is 4.79 Å². The maximum atomic E-state index is 12.8. The van der Waals surface area contributed by atoms with Crippen LogP contribution < -0.4 is 0 Å².